The Balaban J connectivity index is 2.88. The number of hydrogen-bond donors (Lipinski definition) is 1. The molecule has 10 heavy (non-hydrogen) atoms. The largest absolute Gasteiger partial charge is 0.402 e. The molecule has 0 bridgehead atoms. The predicted octanol–water partition coefficient (Wildman–Crippen LogP) is 1.91. The van der Waals surface area contributed by atoms with Crippen LogP contribution in [0.4, 0.5) is 4.39 Å². The van der Waals surface area contributed by atoms with E-state index in [0.29, 0.717) is 12.1 Å². The average molecular weight is 141 g/mol. The molecule has 1 aliphatic carbocycles. The highest BCUT2D eigenvalue weighted by Gasteiger charge is 2.23. The monoisotopic (exact) mass is 141 g/mol. The van der Waals surface area contributed by atoms with E-state index in [4.69, 9.17) is 5.73 Å². The predicted molar refractivity (Wildman–Crippen MR) is 40.2 cm³/mol. The summed E-state index contributed by atoms with van der Waals surface area (Å²) in [6.07, 6.45) is 3.73. The van der Waals surface area contributed by atoms with Gasteiger partial charge in [-0.1, -0.05) is 5.57 Å². The highest BCUT2D eigenvalue weighted by atomic mass is 19.1. The molecular formula is C8H12FN. The molecule has 56 valence electrons. The Morgan fingerprint density at radius 2 is 2.30 bits per heavy atom. The molecule has 1 atom stereocenters. The first-order valence-corrected chi connectivity index (χ1v) is 3.34. The van der Waals surface area contributed by atoms with Gasteiger partial charge in [-0.2, -0.15) is 0 Å². The fourth-order valence-corrected chi connectivity index (χ4v) is 1.31. The summed E-state index contributed by atoms with van der Waals surface area (Å²) in [5, 5.41) is 0. The van der Waals surface area contributed by atoms with Gasteiger partial charge >= 0.3 is 0 Å². The highest BCUT2D eigenvalue weighted by molar-refractivity contribution is 5.29. The van der Waals surface area contributed by atoms with E-state index in [1.807, 2.05) is 6.92 Å². The molecule has 0 saturated carbocycles. The van der Waals surface area contributed by atoms with Gasteiger partial charge in [0.25, 0.3) is 0 Å². The van der Waals surface area contributed by atoms with Crippen molar-refractivity contribution in [1.82, 2.24) is 0 Å². The number of halogens is 1. The summed E-state index contributed by atoms with van der Waals surface area (Å²) in [6, 6.07) is 0. The van der Waals surface area contributed by atoms with Gasteiger partial charge in [-0.05, 0) is 26.0 Å². The molecule has 1 rings (SSSR count). The number of alkyl halides is 1. The van der Waals surface area contributed by atoms with Gasteiger partial charge in [0.1, 0.15) is 5.67 Å². The van der Waals surface area contributed by atoms with Crippen molar-refractivity contribution >= 4 is 0 Å². The summed E-state index contributed by atoms with van der Waals surface area (Å²) in [6.45, 7) is 3.39. The van der Waals surface area contributed by atoms with Crippen LogP contribution in [-0.2, 0) is 0 Å². The van der Waals surface area contributed by atoms with Crippen molar-refractivity contribution in [2.75, 3.05) is 0 Å². The van der Waals surface area contributed by atoms with E-state index in [9.17, 15) is 4.39 Å². The van der Waals surface area contributed by atoms with Crippen molar-refractivity contribution in [2.45, 2.75) is 25.9 Å². The summed E-state index contributed by atoms with van der Waals surface area (Å²) in [7, 11) is 0. The van der Waals surface area contributed by atoms with Crippen LogP contribution in [0, 0.1) is 0 Å². The summed E-state index contributed by atoms with van der Waals surface area (Å²) in [5.41, 5.74) is 5.79. The Morgan fingerprint density at radius 3 is 2.70 bits per heavy atom. The van der Waals surface area contributed by atoms with Crippen molar-refractivity contribution in [2.24, 2.45) is 5.73 Å². The van der Waals surface area contributed by atoms with Crippen LogP contribution in [0.5, 0.6) is 0 Å². The summed E-state index contributed by atoms with van der Waals surface area (Å²) in [4.78, 5) is 0. The van der Waals surface area contributed by atoms with Crippen LogP contribution < -0.4 is 5.73 Å². The van der Waals surface area contributed by atoms with Gasteiger partial charge in [0.05, 0.1) is 0 Å². The number of rotatable bonds is 0. The van der Waals surface area contributed by atoms with E-state index >= 15 is 0 Å². The average Bonchev–Trinajstić information content (AvgIpc) is 1.54. The van der Waals surface area contributed by atoms with Crippen molar-refractivity contribution in [3.8, 4) is 0 Å². The molecule has 2 heteroatoms. The Kier molecular flexibility index (Phi) is 1.55. The van der Waals surface area contributed by atoms with E-state index in [2.05, 4.69) is 0 Å². The van der Waals surface area contributed by atoms with Gasteiger partial charge in [0, 0.05) is 12.1 Å². The third-order valence-electron chi connectivity index (χ3n) is 1.49. The molecule has 0 fully saturated rings. The van der Waals surface area contributed by atoms with E-state index in [0.717, 1.165) is 5.57 Å². The van der Waals surface area contributed by atoms with Crippen LogP contribution in [0.2, 0.25) is 0 Å². The zero-order valence-electron chi connectivity index (χ0n) is 6.32. The summed E-state index contributed by atoms with van der Waals surface area (Å²) in [5.74, 6) is 0. The molecule has 0 saturated heterocycles. The Morgan fingerprint density at radius 1 is 1.70 bits per heavy atom. The lowest BCUT2D eigenvalue weighted by atomic mass is 9.94. The van der Waals surface area contributed by atoms with Crippen LogP contribution >= 0.6 is 0 Å². The molecule has 1 nitrogen and oxygen atoms in total. The Hall–Kier alpha value is -0.790. The lowest BCUT2D eigenvalue weighted by Crippen LogP contribution is -2.21. The SMILES string of the molecule is CC1=CC(C)(F)CC(N)=C1. The number of hydrogen-bond acceptors (Lipinski definition) is 1. The molecule has 0 aromatic heterocycles. The van der Waals surface area contributed by atoms with Gasteiger partial charge in [-0.15, -0.1) is 0 Å². The Bertz CT molecular complexity index is 201. The lowest BCUT2D eigenvalue weighted by molar-refractivity contribution is 0.252. The maximum absolute atomic E-state index is 13.2. The minimum atomic E-state index is -1.23. The van der Waals surface area contributed by atoms with Crippen molar-refractivity contribution in [1.29, 1.82) is 0 Å². The second-order valence-electron chi connectivity index (χ2n) is 3.06. The van der Waals surface area contributed by atoms with Crippen LogP contribution in [0.25, 0.3) is 0 Å². The van der Waals surface area contributed by atoms with Gasteiger partial charge < -0.3 is 5.73 Å². The van der Waals surface area contributed by atoms with E-state index in [1.54, 1.807) is 12.2 Å². The van der Waals surface area contributed by atoms with E-state index in [1.165, 1.54) is 6.92 Å². The quantitative estimate of drug-likeness (QED) is 0.548. The van der Waals surface area contributed by atoms with E-state index in [-0.39, 0.29) is 0 Å². The van der Waals surface area contributed by atoms with Crippen molar-refractivity contribution in [3.63, 3.8) is 0 Å². The molecule has 2 N–H and O–H groups in total. The fourth-order valence-electron chi connectivity index (χ4n) is 1.31. The maximum atomic E-state index is 13.2. The van der Waals surface area contributed by atoms with Crippen LogP contribution in [0.3, 0.4) is 0 Å². The molecule has 0 heterocycles. The van der Waals surface area contributed by atoms with Gasteiger partial charge in [-0.25, -0.2) is 4.39 Å². The molecule has 0 spiro atoms. The second kappa shape index (κ2) is 2.11. The fraction of sp³-hybridized carbons (Fsp3) is 0.500. The van der Waals surface area contributed by atoms with Crippen LogP contribution in [0.1, 0.15) is 20.3 Å². The lowest BCUT2D eigenvalue weighted by Gasteiger charge is -2.20. The first kappa shape index (κ1) is 7.32. The first-order valence-electron chi connectivity index (χ1n) is 3.34. The van der Waals surface area contributed by atoms with Crippen LogP contribution in [-0.4, -0.2) is 5.67 Å². The summed E-state index contributed by atoms with van der Waals surface area (Å²) < 4.78 is 13.2. The number of nitrogens with two attached hydrogens (primary N) is 1. The molecule has 1 unspecified atom stereocenters. The van der Waals surface area contributed by atoms with Gasteiger partial charge in [0.15, 0.2) is 0 Å². The zero-order valence-corrected chi connectivity index (χ0v) is 6.32. The van der Waals surface area contributed by atoms with Crippen molar-refractivity contribution < 1.29 is 4.39 Å². The number of allylic oxidation sites excluding steroid dienone is 4. The second-order valence-corrected chi connectivity index (χ2v) is 3.06. The molecule has 0 aliphatic heterocycles. The standard InChI is InChI=1S/C8H12FN/c1-6-3-7(10)5-8(2,9)4-6/h3-4H,5,10H2,1-2H3. The minimum absolute atomic E-state index is 0.324. The summed E-state index contributed by atoms with van der Waals surface area (Å²) >= 11 is 0. The van der Waals surface area contributed by atoms with E-state index < -0.39 is 5.67 Å². The third-order valence-corrected chi connectivity index (χ3v) is 1.49. The molecule has 0 aromatic rings. The molecular weight excluding hydrogens is 129 g/mol. The van der Waals surface area contributed by atoms with Crippen LogP contribution in [0.15, 0.2) is 23.4 Å². The maximum Gasteiger partial charge on any atom is 0.132 e. The Labute approximate surface area is 60.4 Å². The highest BCUT2D eigenvalue weighted by Crippen LogP contribution is 2.26. The molecule has 0 amide bonds. The molecule has 0 radical (unpaired) electrons. The first-order chi connectivity index (χ1) is 4.49. The van der Waals surface area contributed by atoms with Crippen molar-refractivity contribution in [3.05, 3.63) is 23.4 Å². The normalized spacial score (nSPS) is 33.1. The molecule has 1 aliphatic rings. The van der Waals surface area contributed by atoms with Gasteiger partial charge in [-0.3, -0.25) is 0 Å². The zero-order chi connectivity index (χ0) is 7.78. The van der Waals surface area contributed by atoms with Gasteiger partial charge in [0.2, 0.25) is 0 Å². The third kappa shape index (κ3) is 1.59. The topological polar surface area (TPSA) is 26.0 Å². The molecule has 0 aromatic carbocycles. The minimum Gasteiger partial charge on any atom is -0.402 e. The smallest absolute Gasteiger partial charge is 0.132 e.